The molecule has 2 saturated heterocycles. The van der Waals surface area contributed by atoms with E-state index in [-0.39, 0.29) is 36.3 Å². The summed E-state index contributed by atoms with van der Waals surface area (Å²) in [6, 6.07) is 0.400. The first kappa shape index (κ1) is 43.6. The highest BCUT2D eigenvalue weighted by atomic mass is 32.2. The fraction of sp³-hybridized carbons (Fsp3) is 0.861. The minimum absolute atomic E-state index is 0.0382. The van der Waals surface area contributed by atoms with Crippen molar-refractivity contribution in [2.45, 2.75) is 139 Å². The Morgan fingerprint density at radius 1 is 0.660 bits per heavy atom. The van der Waals surface area contributed by atoms with E-state index in [2.05, 4.69) is 26.0 Å². The normalized spacial score (nSPS) is 17.9. The molecule has 14 heteroatoms. The molecule has 3 atom stereocenters. The summed E-state index contributed by atoms with van der Waals surface area (Å²) in [5, 5.41) is 12.2. The van der Waals surface area contributed by atoms with Gasteiger partial charge in [-0.3, -0.25) is 19.2 Å². The second kappa shape index (κ2) is 29.0. The molecule has 4 amide bonds. The Kier molecular flexibility index (Phi) is 25.3. The summed E-state index contributed by atoms with van der Waals surface area (Å²) in [4.78, 5) is 57.9. The smallest absolute Gasteiger partial charge is 0.317 e. The van der Waals surface area contributed by atoms with E-state index in [0.29, 0.717) is 64.2 Å². The monoisotopic (exact) mass is 728 g/mol. The largest absolute Gasteiger partial charge is 0.469 e. The van der Waals surface area contributed by atoms with Gasteiger partial charge in [0.15, 0.2) is 0 Å². The summed E-state index contributed by atoms with van der Waals surface area (Å²) >= 11 is 1.90. The minimum atomic E-state index is -0.567. The van der Waals surface area contributed by atoms with E-state index in [1.807, 2.05) is 11.8 Å². The maximum Gasteiger partial charge on any atom is 0.317 e. The Labute approximate surface area is 303 Å². The van der Waals surface area contributed by atoms with Crippen molar-refractivity contribution in [3.63, 3.8) is 0 Å². The molecule has 2 heterocycles. The SMILES string of the molecule is COC(=O)CC(=O)OCCCCCCCCCCCCCCCC(=O)NCCOCCOCCNC(=O)CCCC[C@@H]1SC[C@@H]2NC(=O)N[C@@H]21. The molecule has 288 valence electrons. The zero-order valence-corrected chi connectivity index (χ0v) is 31.2. The van der Waals surface area contributed by atoms with Crippen molar-refractivity contribution in [2.24, 2.45) is 0 Å². The van der Waals surface area contributed by atoms with E-state index in [1.54, 1.807) is 0 Å². The van der Waals surface area contributed by atoms with Gasteiger partial charge in [-0.2, -0.15) is 11.8 Å². The molecule has 0 unspecified atom stereocenters. The van der Waals surface area contributed by atoms with E-state index in [0.717, 1.165) is 57.1 Å². The Balaban J connectivity index is 1.21. The van der Waals surface area contributed by atoms with Gasteiger partial charge in [-0.1, -0.05) is 77.0 Å². The average molecular weight is 729 g/mol. The van der Waals surface area contributed by atoms with Gasteiger partial charge in [-0.05, 0) is 25.7 Å². The van der Waals surface area contributed by atoms with Gasteiger partial charge >= 0.3 is 18.0 Å². The number of thioether (sulfide) groups is 1. The predicted octanol–water partition coefficient (Wildman–Crippen LogP) is 4.55. The number of hydrogen-bond donors (Lipinski definition) is 4. The van der Waals surface area contributed by atoms with Crippen LogP contribution in [0.2, 0.25) is 0 Å². The zero-order chi connectivity index (χ0) is 36.1. The second-order valence-electron chi connectivity index (χ2n) is 13.1. The number of fused-ring (bicyclic) bond motifs is 1. The van der Waals surface area contributed by atoms with Crippen LogP contribution in [0.25, 0.3) is 0 Å². The van der Waals surface area contributed by atoms with Crippen LogP contribution in [0.1, 0.15) is 122 Å². The van der Waals surface area contributed by atoms with Crippen molar-refractivity contribution >= 4 is 41.5 Å². The van der Waals surface area contributed by atoms with Gasteiger partial charge in [0.2, 0.25) is 11.8 Å². The molecule has 0 bridgehead atoms. The summed E-state index contributed by atoms with van der Waals surface area (Å²) < 4.78 is 20.5. The van der Waals surface area contributed by atoms with E-state index in [4.69, 9.17) is 14.2 Å². The lowest BCUT2D eigenvalue weighted by molar-refractivity contribution is -0.153. The summed E-state index contributed by atoms with van der Waals surface area (Å²) in [7, 11) is 1.25. The van der Waals surface area contributed by atoms with Crippen molar-refractivity contribution in [1.29, 1.82) is 0 Å². The first-order valence-corrected chi connectivity index (χ1v) is 20.0. The van der Waals surface area contributed by atoms with Crippen LogP contribution in [0.5, 0.6) is 0 Å². The molecule has 0 aromatic rings. The molecule has 2 rings (SSSR count). The summed E-state index contributed by atoms with van der Waals surface area (Å²) in [5.74, 6) is -0.0176. The number of carbonyl (C=O) groups excluding carboxylic acids is 5. The summed E-state index contributed by atoms with van der Waals surface area (Å²) in [5.41, 5.74) is 0. The third kappa shape index (κ3) is 22.3. The highest BCUT2D eigenvalue weighted by Gasteiger charge is 2.42. The third-order valence-electron chi connectivity index (χ3n) is 8.92. The molecule has 4 N–H and O–H groups in total. The Hall–Kier alpha value is -2.58. The Morgan fingerprint density at radius 3 is 1.74 bits per heavy atom. The summed E-state index contributed by atoms with van der Waals surface area (Å²) in [6.45, 7) is 3.12. The number of rotatable bonds is 32. The Morgan fingerprint density at radius 2 is 1.18 bits per heavy atom. The average Bonchev–Trinajstić information content (AvgIpc) is 3.66. The topological polar surface area (TPSA) is 170 Å². The number of hydrogen-bond acceptors (Lipinski definition) is 10. The molecule has 0 aliphatic carbocycles. The van der Waals surface area contributed by atoms with Crippen LogP contribution in [0.4, 0.5) is 4.79 Å². The zero-order valence-electron chi connectivity index (χ0n) is 30.4. The Bertz CT molecular complexity index is 974. The fourth-order valence-electron chi connectivity index (χ4n) is 6.06. The van der Waals surface area contributed by atoms with Gasteiger partial charge in [-0.25, -0.2) is 4.79 Å². The number of ether oxygens (including phenoxy) is 4. The maximum absolute atomic E-state index is 12.0. The maximum atomic E-state index is 12.0. The number of urea groups is 1. The van der Waals surface area contributed by atoms with Crippen molar-refractivity contribution in [2.75, 3.05) is 59.0 Å². The van der Waals surface area contributed by atoms with Crippen molar-refractivity contribution in [1.82, 2.24) is 21.3 Å². The molecule has 2 fully saturated rings. The van der Waals surface area contributed by atoms with Crippen LogP contribution in [-0.2, 0) is 38.1 Å². The lowest BCUT2D eigenvalue weighted by Crippen LogP contribution is -2.36. The van der Waals surface area contributed by atoms with Gasteiger partial charge in [0, 0.05) is 36.9 Å². The highest BCUT2D eigenvalue weighted by molar-refractivity contribution is 8.00. The quantitative estimate of drug-likeness (QED) is 0.0334. The van der Waals surface area contributed by atoms with E-state index < -0.39 is 11.9 Å². The molecular formula is C36H64N4O9S. The van der Waals surface area contributed by atoms with Crippen molar-refractivity contribution < 1.29 is 42.9 Å². The van der Waals surface area contributed by atoms with E-state index in [1.165, 1.54) is 58.5 Å². The molecule has 0 saturated carbocycles. The first-order valence-electron chi connectivity index (χ1n) is 19.0. The molecule has 0 aromatic heterocycles. The standard InChI is InChI=1S/C36H64N4O9S/c1-46-33(43)27-34(44)49-22-16-12-10-8-6-4-2-3-5-7-9-11-13-18-31(41)37-20-23-47-25-26-48-24-21-38-32(42)19-15-14-17-30-35-29(28-50-30)39-36(45)40-35/h29-30,35H,2-28H2,1H3,(H,37,41)(H,38,42)(H2,39,40,45)/t29-,30-,35-/m0/s1. The lowest BCUT2D eigenvalue weighted by Gasteiger charge is -2.16. The number of carbonyl (C=O) groups is 5. The number of methoxy groups -OCH3 is 1. The van der Waals surface area contributed by atoms with Crippen LogP contribution >= 0.6 is 11.8 Å². The number of nitrogens with one attached hydrogen (secondary N) is 4. The molecule has 0 radical (unpaired) electrons. The van der Waals surface area contributed by atoms with Crippen LogP contribution in [0, 0.1) is 0 Å². The molecule has 2 aliphatic rings. The van der Waals surface area contributed by atoms with Crippen molar-refractivity contribution in [3.8, 4) is 0 Å². The van der Waals surface area contributed by atoms with Crippen molar-refractivity contribution in [3.05, 3.63) is 0 Å². The van der Waals surface area contributed by atoms with Gasteiger partial charge in [0.05, 0.1) is 52.2 Å². The number of unbranched alkanes of at least 4 members (excludes halogenated alkanes) is 13. The van der Waals surface area contributed by atoms with Crippen LogP contribution in [-0.4, -0.2) is 106 Å². The van der Waals surface area contributed by atoms with Crippen LogP contribution < -0.4 is 21.3 Å². The molecule has 13 nitrogen and oxygen atoms in total. The van der Waals surface area contributed by atoms with E-state index >= 15 is 0 Å². The van der Waals surface area contributed by atoms with Gasteiger partial charge in [-0.15, -0.1) is 0 Å². The van der Waals surface area contributed by atoms with E-state index in [9.17, 15) is 24.0 Å². The fourth-order valence-corrected chi connectivity index (χ4v) is 7.60. The second-order valence-corrected chi connectivity index (χ2v) is 14.4. The minimum Gasteiger partial charge on any atom is -0.469 e. The third-order valence-corrected chi connectivity index (χ3v) is 10.4. The van der Waals surface area contributed by atoms with Gasteiger partial charge < -0.3 is 40.2 Å². The summed E-state index contributed by atoms with van der Waals surface area (Å²) in [6.07, 6.45) is 18.4. The molecule has 0 spiro atoms. The molecule has 2 aliphatic heterocycles. The van der Waals surface area contributed by atoms with Gasteiger partial charge in [0.25, 0.3) is 0 Å². The number of esters is 2. The highest BCUT2D eigenvalue weighted by Crippen LogP contribution is 2.33. The van der Waals surface area contributed by atoms with Gasteiger partial charge in [0.1, 0.15) is 6.42 Å². The molecule has 50 heavy (non-hydrogen) atoms. The van der Waals surface area contributed by atoms with Crippen LogP contribution in [0.15, 0.2) is 0 Å². The lowest BCUT2D eigenvalue weighted by atomic mass is 10.0. The van der Waals surface area contributed by atoms with Crippen LogP contribution in [0.3, 0.4) is 0 Å². The molecular weight excluding hydrogens is 664 g/mol. The number of amides is 4. The predicted molar refractivity (Wildman–Crippen MR) is 194 cm³/mol. The first-order chi connectivity index (χ1) is 24.4. The molecule has 0 aromatic carbocycles.